The van der Waals surface area contributed by atoms with Crippen LogP contribution in [0.2, 0.25) is 10.0 Å². The van der Waals surface area contributed by atoms with Gasteiger partial charge in [-0.05, 0) is 121 Å². The number of anilines is 2. The van der Waals surface area contributed by atoms with Gasteiger partial charge >= 0.3 is 41.2 Å². The number of esters is 5. The number of thiazole rings is 2. The number of fused-ring (bicyclic) bond motifs is 4. The smallest absolute Gasteiger partial charge is 0.338 e. The van der Waals surface area contributed by atoms with Crippen LogP contribution in [0, 0.1) is 26.1 Å². The number of methoxy groups -OCH3 is 5. The summed E-state index contributed by atoms with van der Waals surface area (Å²) in [5.74, 6) is 0.763. The van der Waals surface area contributed by atoms with Crippen molar-refractivity contribution in [3.05, 3.63) is 170 Å². The predicted octanol–water partition coefficient (Wildman–Crippen LogP) is 13.9. The van der Waals surface area contributed by atoms with E-state index in [4.69, 9.17) is 106 Å². The van der Waals surface area contributed by atoms with Gasteiger partial charge in [-0.2, -0.15) is 0 Å². The van der Waals surface area contributed by atoms with Crippen LogP contribution in [0.25, 0.3) is 31.7 Å². The Kier molecular flexibility index (Phi) is 35.6. The number of nitrogens with one attached hydrogen (secondary N) is 1. The summed E-state index contributed by atoms with van der Waals surface area (Å²) in [7, 11) is 6.47. The van der Waals surface area contributed by atoms with Gasteiger partial charge in [-0.1, -0.05) is 45.8 Å². The summed E-state index contributed by atoms with van der Waals surface area (Å²) in [6, 6.07) is 24.9. The number of ether oxygens (including phenoxy) is 15. The fourth-order valence-corrected chi connectivity index (χ4v) is 16.2. The molecule has 17 rings (SSSR count). The van der Waals surface area contributed by atoms with Gasteiger partial charge in [-0.3, -0.25) is 20.2 Å². The highest BCUT2D eigenvalue weighted by atomic mass is 127. The Morgan fingerprint density at radius 3 is 1.46 bits per heavy atom. The molecule has 6 aliphatic heterocycles. The zero-order valence-electron chi connectivity index (χ0n) is 66.6. The van der Waals surface area contributed by atoms with Crippen molar-refractivity contribution in [3.63, 3.8) is 0 Å². The fraction of sp³-hybridized carbons (Fsp3) is 0.432. The third-order valence-electron chi connectivity index (χ3n) is 19.7. The SMILES string of the molecule is COC(=O)c1cc(O[C@@H]2CCOC2)c2nc(Br)sc2c1.COC(=O)c1cc(O[C@@H]2CCOC2)c2nc(N)sc2c1.COC(=O)c1ccc(N)c(O[C@@H]2CCOC2)c1.COC(=O)c1ccc([N+](=O)[O-])c(O)c1.COC(=O)c1ccc([N+](=O)[O-])c(O[C@@H]2CCOC2)c1.Clc1cccc(Cl)c1-c1noc(C2CC2)c1CO[C@@H]1C[C@@H]2C[C@H]1CN2.I.O[C@H]1CCOC1. The first-order chi connectivity index (χ1) is 58.3. The van der Waals surface area contributed by atoms with Crippen LogP contribution in [0.5, 0.6) is 28.7 Å². The highest BCUT2D eigenvalue weighted by Gasteiger charge is 2.41. The summed E-state index contributed by atoms with van der Waals surface area (Å²) in [5, 5.41) is 48.5. The van der Waals surface area contributed by atoms with Gasteiger partial charge in [0.1, 0.15) is 64.2 Å². The van der Waals surface area contributed by atoms with E-state index in [0.717, 1.165) is 112 Å². The van der Waals surface area contributed by atoms with E-state index in [1.807, 2.05) is 18.2 Å². The molecule has 0 amide bonds. The molecule has 9 heterocycles. The molecule has 2 bridgehead atoms. The molecule has 0 spiro atoms. The van der Waals surface area contributed by atoms with Gasteiger partial charge in [0.15, 0.2) is 20.5 Å². The number of phenols is 1. The van der Waals surface area contributed by atoms with E-state index in [1.54, 1.807) is 42.5 Å². The Bertz CT molecular complexity index is 4980. The Morgan fingerprint density at radius 1 is 0.566 bits per heavy atom. The third kappa shape index (κ3) is 25.8. The van der Waals surface area contributed by atoms with Crippen LogP contribution in [-0.4, -0.2) is 216 Å². The van der Waals surface area contributed by atoms with Crippen LogP contribution in [0.4, 0.5) is 22.2 Å². The number of phenolic OH excluding ortho intramolecular Hbond substituents is 1. The highest BCUT2D eigenvalue weighted by Crippen LogP contribution is 2.47. The summed E-state index contributed by atoms with van der Waals surface area (Å²) in [6.45, 7) is 7.56. The topological polar surface area (TPSA) is 466 Å². The number of carbonyl (C=O) groups excluding carboxylic acids is 5. The van der Waals surface area contributed by atoms with Crippen molar-refractivity contribution in [2.45, 2.75) is 113 Å². The van der Waals surface area contributed by atoms with Crippen LogP contribution in [-0.2, 0) is 58.7 Å². The number of piperidine rings is 1. The average molecular weight is 1950 g/mol. The number of rotatable bonds is 20. The molecule has 8 aliphatic rings. The molecule has 35 nitrogen and oxygen atoms in total. The summed E-state index contributed by atoms with van der Waals surface area (Å²) >= 11 is 18.9. The lowest BCUT2D eigenvalue weighted by Crippen LogP contribution is -2.34. The summed E-state index contributed by atoms with van der Waals surface area (Å²) < 4.78 is 86.3. The van der Waals surface area contributed by atoms with Gasteiger partial charge in [-0.15, -0.1) is 35.3 Å². The molecule has 41 heteroatoms. The van der Waals surface area contributed by atoms with Gasteiger partial charge in [0.2, 0.25) is 0 Å². The van der Waals surface area contributed by atoms with E-state index in [1.165, 1.54) is 88.9 Å². The zero-order chi connectivity index (χ0) is 86.4. The molecule has 3 aromatic heterocycles. The number of hydrogen-bond donors (Lipinski definition) is 5. The van der Waals surface area contributed by atoms with Crippen molar-refractivity contribution in [2.75, 3.05) is 120 Å². The second-order valence-corrected chi connectivity index (χ2v) is 32.3. The lowest BCUT2D eigenvalue weighted by Gasteiger charge is -2.23. The van der Waals surface area contributed by atoms with E-state index in [-0.39, 0.29) is 83.0 Å². The lowest BCUT2D eigenvalue weighted by atomic mass is 10.0. The van der Waals surface area contributed by atoms with Crippen molar-refractivity contribution in [1.29, 1.82) is 0 Å². The number of nitrogens with two attached hydrogens (primary N) is 2. The molecule has 7 N–H and O–H groups in total. The molecule has 0 unspecified atom stereocenters. The normalized spacial score (nSPS) is 20.0. The molecule has 0 radical (unpaired) electrons. The molecule has 122 heavy (non-hydrogen) atoms. The van der Waals surface area contributed by atoms with E-state index in [9.17, 15) is 44.2 Å². The molecular formula is C81H90BrCl2IN8O27S2. The quantitative estimate of drug-likeness (QED) is 0.0118. The first-order valence-corrected chi connectivity index (χ1v) is 41.4. The number of aromatic hydroxyl groups is 1. The van der Waals surface area contributed by atoms with Crippen molar-refractivity contribution in [2.24, 2.45) is 5.92 Å². The molecule has 6 aromatic carbocycles. The maximum Gasteiger partial charge on any atom is 0.338 e. The minimum absolute atomic E-state index is 0. The van der Waals surface area contributed by atoms with Gasteiger partial charge in [0.05, 0.1) is 177 Å². The van der Waals surface area contributed by atoms with Crippen LogP contribution in [0.1, 0.15) is 127 Å². The van der Waals surface area contributed by atoms with Crippen molar-refractivity contribution >= 4 is 158 Å². The average Bonchev–Trinajstić information content (AvgIpc) is 1.62. The maximum absolute atomic E-state index is 11.7. The minimum atomic E-state index is -0.740. The van der Waals surface area contributed by atoms with Crippen LogP contribution >= 0.6 is 85.8 Å². The van der Waals surface area contributed by atoms with Crippen molar-refractivity contribution in [1.82, 2.24) is 20.4 Å². The first-order valence-electron chi connectivity index (χ1n) is 38.2. The molecule has 6 saturated heterocycles. The van der Waals surface area contributed by atoms with E-state index >= 15 is 0 Å². The number of hydrogen-bond acceptors (Lipinski definition) is 35. The third-order valence-corrected chi connectivity index (χ3v) is 22.6. The number of aliphatic hydroxyl groups is 1. The van der Waals surface area contributed by atoms with E-state index < -0.39 is 45.2 Å². The Morgan fingerprint density at radius 2 is 1.02 bits per heavy atom. The molecular weight excluding hydrogens is 1860 g/mol. The Labute approximate surface area is 742 Å². The second kappa shape index (κ2) is 45.8. The summed E-state index contributed by atoms with van der Waals surface area (Å²) in [6.07, 6.45) is 8.51. The molecule has 9 aromatic rings. The van der Waals surface area contributed by atoms with Crippen molar-refractivity contribution in [3.8, 4) is 40.0 Å². The van der Waals surface area contributed by atoms with Gasteiger partial charge < -0.3 is 103 Å². The van der Waals surface area contributed by atoms with Crippen LogP contribution in [0.15, 0.2) is 106 Å². The number of benzene rings is 6. The number of halogens is 4. The summed E-state index contributed by atoms with van der Waals surface area (Å²) in [4.78, 5) is 85.7. The summed E-state index contributed by atoms with van der Waals surface area (Å²) in [5.41, 5.74) is 16.9. The number of nitro groups is 2. The number of aromatic nitrogens is 3. The van der Waals surface area contributed by atoms with Gasteiger partial charge in [-0.25, -0.2) is 33.9 Å². The standard InChI is InChI=1S/C19H20Cl2N2O2.C13H12BrNO4S.C13H14N2O4S.C12H13NO6.C12H15NO4.C8H7NO5.C4H8O2.HI/c20-14-2-1-3-15(21)17(14)18-13(19(25-23-18)10-4-5-10)9-24-16-7-12-6-11(16)8-22-12;2*1-17-12(16)7-4-9(19-8-2-3-18-6-8)11-10(5-7)20-13(14)15-11;1-17-12(14)8-2-3-10(13(15)16)11(6-8)19-9-4-5-18-7-9;1-15-12(14)8-2-3-10(13)11(6-8)17-9-4-5-16-7-9;1-14-8(11)5-2-3-6(9(12)13)7(10)4-5;5-4-1-2-6-3-4;/h1-3,10-12,16,22H,4-9H2;4-5,8H,2-3,6H2,1H3;4-5,8H,2-3,6H2,1H3,(H2,14,15);2-3,6,9H,4-5,7H2,1H3;2-3,6,9H,4-5,7,13H2,1H3;2-4,10H,1H3;4-5H,1-3H2;1H/t11-,12-,16+;2*8-;2*9-;;4-;/m01111.0./s1. The Hall–Kier alpha value is -9.47. The number of nitro benzene ring substituents is 2. The molecule has 2 aliphatic carbocycles. The number of nitrogens with zero attached hydrogens (tertiary/aromatic N) is 5. The highest BCUT2D eigenvalue weighted by molar-refractivity contribution is 14.0. The monoisotopic (exact) mass is 1950 g/mol. The van der Waals surface area contributed by atoms with E-state index in [0.29, 0.717) is 157 Å². The lowest BCUT2D eigenvalue weighted by molar-refractivity contribution is -0.386. The molecule has 656 valence electrons. The maximum atomic E-state index is 11.7. The number of carbonyl (C=O) groups is 5. The number of nitrogen functional groups attached to an aromatic ring is 2. The van der Waals surface area contributed by atoms with Crippen molar-refractivity contribution < 1.29 is 120 Å². The molecule has 8 fully saturated rings. The van der Waals surface area contributed by atoms with E-state index in [2.05, 4.69) is 50.6 Å². The largest absolute Gasteiger partial charge is 0.502 e. The van der Waals surface area contributed by atoms with Gasteiger partial charge in [0, 0.05) is 86.2 Å². The number of aliphatic hydroxyl groups excluding tert-OH is 1. The zero-order valence-corrected chi connectivity index (χ0v) is 73.7. The molecule has 2 saturated carbocycles. The fourth-order valence-electron chi connectivity index (χ4n) is 13.3. The molecule has 8 atom stereocenters. The Balaban J connectivity index is 0.000000152. The minimum Gasteiger partial charge on any atom is -0.502 e. The predicted molar refractivity (Wildman–Crippen MR) is 460 cm³/mol. The van der Waals surface area contributed by atoms with Crippen LogP contribution in [0.3, 0.4) is 0 Å². The first kappa shape index (κ1) is 94.8. The second-order valence-electron chi connectivity index (χ2n) is 28.1. The van der Waals surface area contributed by atoms with Gasteiger partial charge in [0.25, 0.3) is 0 Å². The van der Waals surface area contributed by atoms with Crippen LogP contribution < -0.4 is 35.7 Å².